The summed E-state index contributed by atoms with van der Waals surface area (Å²) in [5, 5.41) is 0. The molecule has 0 saturated heterocycles. The maximum Gasteiger partial charge on any atom is 0.330 e. The van der Waals surface area contributed by atoms with Gasteiger partial charge in [-0.15, -0.1) is 6.58 Å². The number of nitrogens with two attached hydrogens (primary N) is 1. The second-order valence-electron chi connectivity index (χ2n) is 2.78. The van der Waals surface area contributed by atoms with Crippen molar-refractivity contribution in [1.82, 2.24) is 0 Å². The fourth-order valence-electron chi connectivity index (χ4n) is 0.732. The van der Waals surface area contributed by atoms with Crippen LogP contribution in [0.25, 0.3) is 0 Å². The summed E-state index contributed by atoms with van der Waals surface area (Å²) in [4.78, 5) is 11.1. The molecular weight excluding hydrogens is 142 g/mol. The van der Waals surface area contributed by atoms with E-state index >= 15 is 0 Å². The first-order valence-corrected chi connectivity index (χ1v) is 3.50. The molecule has 3 heteroatoms. The van der Waals surface area contributed by atoms with Crippen LogP contribution in [-0.4, -0.2) is 18.6 Å². The summed E-state index contributed by atoms with van der Waals surface area (Å²) in [5.74, 6) is -0.449. The number of ether oxygens (including phenoxy) is 1. The monoisotopic (exact) mass is 157 g/mol. The van der Waals surface area contributed by atoms with Gasteiger partial charge in [0.05, 0.1) is 7.11 Å². The molecule has 0 radical (unpaired) electrons. The van der Waals surface area contributed by atoms with E-state index in [1.54, 1.807) is 0 Å². The van der Waals surface area contributed by atoms with Crippen LogP contribution < -0.4 is 5.73 Å². The third kappa shape index (κ3) is 1.80. The Kier molecular flexibility index (Phi) is 3.26. The Hall–Kier alpha value is -0.830. The maximum absolute atomic E-state index is 11.1. The molecule has 0 spiro atoms. The topological polar surface area (TPSA) is 52.3 Å². The van der Waals surface area contributed by atoms with Gasteiger partial charge in [-0.2, -0.15) is 0 Å². The predicted molar refractivity (Wildman–Crippen MR) is 44.0 cm³/mol. The van der Waals surface area contributed by atoms with Gasteiger partial charge in [-0.1, -0.05) is 19.9 Å². The molecular formula is C8H15NO2. The van der Waals surface area contributed by atoms with Crippen LogP contribution in [0.15, 0.2) is 12.7 Å². The molecule has 0 saturated carbocycles. The maximum atomic E-state index is 11.1. The van der Waals surface area contributed by atoms with Crippen molar-refractivity contribution in [2.45, 2.75) is 19.4 Å². The van der Waals surface area contributed by atoms with Crippen molar-refractivity contribution in [2.24, 2.45) is 11.7 Å². The van der Waals surface area contributed by atoms with Crippen LogP contribution in [-0.2, 0) is 9.53 Å². The Labute approximate surface area is 67.2 Å². The molecule has 0 aromatic rings. The Bertz CT molecular complexity index is 165. The van der Waals surface area contributed by atoms with E-state index in [0.717, 1.165) is 0 Å². The number of esters is 1. The van der Waals surface area contributed by atoms with Gasteiger partial charge in [-0.25, -0.2) is 4.79 Å². The van der Waals surface area contributed by atoms with E-state index in [-0.39, 0.29) is 5.92 Å². The quantitative estimate of drug-likeness (QED) is 0.484. The molecule has 0 unspecified atom stereocenters. The first-order chi connectivity index (χ1) is 4.99. The standard InChI is InChI=1S/C8H15NO2/c1-5-8(9,6(2)3)7(10)11-4/h5-6H,1,9H2,2-4H3/t8-/m1/s1. The average Bonchev–Trinajstić information content (AvgIpc) is 2.01. The fourth-order valence-corrected chi connectivity index (χ4v) is 0.732. The van der Waals surface area contributed by atoms with E-state index in [2.05, 4.69) is 11.3 Å². The highest BCUT2D eigenvalue weighted by Gasteiger charge is 2.35. The number of hydrogen-bond donors (Lipinski definition) is 1. The van der Waals surface area contributed by atoms with Gasteiger partial charge in [-0.05, 0) is 5.92 Å². The van der Waals surface area contributed by atoms with Gasteiger partial charge in [0.1, 0.15) is 5.54 Å². The van der Waals surface area contributed by atoms with Crippen LogP contribution in [0.5, 0.6) is 0 Å². The predicted octanol–water partition coefficient (Wildman–Crippen LogP) is 0.699. The van der Waals surface area contributed by atoms with Crippen molar-refractivity contribution >= 4 is 5.97 Å². The molecule has 0 aliphatic rings. The first-order valence-electron chi connectivity index (χ1n) is 3.50. The second kappa shape index (κ2) is 3.53. The Balaban J connectivity index is 4.59. The first kappa shape index (κ1) is 10.2. The molecule has 0 bridgehead atoms. The lowest BCUT2D eigenvalue weighted by atomic mass is 9.88. The normalized spacial score (nSPS) is 15.7. The van der Waals surface area contributed by atoms with Crippen LogP contribution in [0, 0.1) is 5.92 Å². The zero-order valence-electron chi connectivity index (χ0n) is 7.26. The van der Waals surface area contributed by atoms with E-state index in [0.29, 0.717) is 0 Å². The summed E-state index contributed by atoms with van der Waals surface area (Å²) in [6.45, 7) is 7.19. The molecule has 0 amide bonds. The third-order valence-electron chi connectivity index (χ3n) is 1.83. The molecule has 1 atom stereocenters. The summed E-state index contributed by atoms with van der Waals surface area (Å²) in [6.07, 6.45) is 1.42. The molecule has 0 aliphatic heterocycles. The number of hydrogen-bond acceptors (Lipinski definition) is 3. The Morgan fingerprint density at radius 3 is 2.27 bits per heavy atom. The minimum absolute atomic E-state index is 0.00699. The number of carbonyl (C=O) groups is 1. The highest BCUT2D eigenvalue weighted by molar-refractivity contribution is 5.83. The Morgan fingerprint density at radius 1 is 1.73 bits per heavy atom. The zero-order chi connectivity index (χ0) is 9.07. The summed E-state index contributed by atoms with van der Waals surface area (Å²) in [6, 6.07) is 0. The molecule has 0 heterocycles. The van der Waals surface area contributed by atoms with Crippen molar-refractivity contribution in [2.75, 3.05) is 7.11 Å². The lowest BCUT2D eigenvalue weighted by Crippen LogP contribution is -2.51. The minimum atomic E-state index is -1.05. The van der Waals surface area contributed by atoms with Crippen LogP contribution >= 0.6 is 0 Å². The van der Waals surface area contributed by atoms with Gasteiger partial charge in [-0.3, -0.25) is 0 Å². The van der Waals surface area contributed by atoms with Gasteiger partial charge in [0.2, 0.25) is 0 Å². The van der Waals surface area contributed by atoms with E-state index in [1.807, 2.05) is 13.8 Å². The molecule has 0 aromatic heterocycles. The molecule has 0 rings (SSSR count). The van der Waals surface area contributed by atoms with Crippen LogP contribution in [0.1, 0.15) is 13.8 Å². The molecule has 11 heavy (non-hydrogen) atoms. The molecule has 0 aromatic carbocycles. The Morgan fingerprint density at radius 2 is 2.18 bits per heavy atom. The largest absolute Gasteiger partial charge is 0.467 e. The van der Waals surface area contributed by atoms with E-state index in [1.165, 1.54) is 13.2 Å². The van der Waals surface area contributed by atoms with Crippen LogP contribution in [0.2, 0.25) is 0 Å². The summed E-state index contributed by atoms with van der Waals surface area (Å²) < 4.78 is 4.53. The summed E-state index contributed by atoms with van der Waals surface area (Å²) >= 11 is 0. The van der Waals surface area contributed by atoms with Crippen molar-refractivity contribution in [1.29, 1.82) is 0 Å². The second-order valence-corrected chi connectivity index (χ2v) is 2.78. The smallest absolute Gasteiger partial charge is 0.330 e. The summed E-state index contributed by atoms with van der Waals surface area (Å²) in [7, 11) is 1.32. The van der Waals surface area contributed by atoms with Gasteiger partial charge in [0, 0.05) is 0 Å². The van der Waals surface area contributed by atoms with Crippen molar-refractivity contribution < 1.29 is 9.53 Å². The van der Waals surface area contributed by atoms with Gasteiger partial charge < -0.3 is 10.5 Å². The highest BCUT2D eigenvalue weighted by atomic mass is 16.5. The van der Waals surface area contributed by atoms with Gasteiger partial charge >= 0.3 is 5.97 Å². The number of rotatable bonds is 3. The van der Waals surface area contributed by atoms with Crippen molar-refractivity contribution in [3.8, 4) is 0 Å². The molecule has 3 nitrogen and oxygen atoms in total. The number of carbonyl (C=O) groups excluding carboxylic acids is 1. The van der Waals surface area contributed by atoms with Crippen molar-refractivity contribution in [3.63, 3.8) is 0 Å². The molecule has 0 fully saturated rings. The van der Waals surface area contributed by atoms with Crippen LogP contribution in [0.3, 0.4) is 0 Å². The summed E-state index contributed by atoms with van der Waals surface area (Å²) in [5.41, 5.74) is 4.65. The van der Waals surface area contributed by atoms with E-state index < -0.39 is 11.5 Å². The van der Waals surface area contributed by atoms with Crippen LogP contribution in [0.4, 0.5) is 0 Å². The molecule has 64 valence electrons. The SMILES string of the molecule is C=C[C@](N)(C(=O)OC)C(C)C. The van der Waals surface area contributed by atoms with E-state index in [4.69, 9.17) is 5.73 Å². The zero-order valence-corrected chi connectivity index (χ0v) is 7.26. The fraction of sp³-hybridized carbons (Fsp3) is 0.625. The van der Waals surface area contributed by atoms with Gasteiger partial charge in [0.15, 0.2) is 0 Å². The minimum Gasteiger partial charge on any atom is -0.467 e. The number of methoxy groups -OCH3 is 1. The third-order valence-corrected chi connectivity index (χ3v) is 1.83. The molecule has 0 aliphatic carbocycles. The highest BCUT2D eigenvalue weighted by Crippen LogP contribution is 2.16. The lowest BCUT2D eigenvalue weighted by molar-refractivity contribution is -0.146. The lowest BCUT2D eigenvalue weighted by Gasteiger charge is -2.26. The van der Waals surface area contributed by atoms with Gasteiger partial charge in [0.25, 0.3) is 0 Å². The van der Waals surface area contributed by atoms with E-state index in [9.17, 15) is 4.79 Å². The molecule has 2 N–H and O–H groups in total. The average molecular weight is 157 g/mol. The van der Waals surface area contributed by atoms with Crippen molar-refractivity contribution in [3.05, 3.63) is 12.7 Å².